The van der Waals surface area contributed by atoms with Gasteiger partial charge in [0.05, 0.1) is 4.90 Å². The Balaban J connectivity index is 2.49. The number of rotatable bonds is 2. The molecule has 1 unspecified atom stereocenters. The molecule has 1 aromatic rings. The van der Waals surface area contributed by atoms with Crippen LogP contribution in [0.25, 0.3) is 6.08 Å². The van der Waals surface area contributed by atoms with E-state index in [1.165, 1.54) is 0 Å². The van der Waals surface area contributed by atoms with Crippen LogP contribution in [0.4, 0.5) is 0 Å². The summed E-state index contributed by atoms with van der Waals surface area (Å²) < 4.78 is 23.8. The van der Waals surface area contributed by atoms with Crippen LogP contribution in [0.1, 0.15) is 25.0 Å². The Morgan fingerprint density at radius 2 is 2.06 bits per heavy atom. The Kier molecular flexibility index (Phi) is 2.64. The van der Waals surface area contributed by atoms with Crippen LogP contribution in [-0.4, -0.2) is 14.5 Å². The topological polar surface area (TPSA) is 60.2 Å². The van der Waals surface area contributed by atoms with Crippen molar-refractivity contribution >= 4 is 15.9 Å². The smallest absolute Gasteiger partial charge is 0.203 e. The van der Waals surface area contributed by atoms with Crippen molar-refractivity contribution in [2.45, 2.75) is 31.2 Å². The number of nitrogens with two attached hydrogens (primary N) is 1. The van der Waals surface area contributed by atoms with Gasteiger partial charge in [0.2, 0.25) is 9.84 Å². The Morgan fingerprint density at radius 1 is 1.38 bits per heavy atom. The maximum absolute atomic E-state index is 11.9. The number of hydrogen-bond donors (Lipinski definition) is 1. The van der Waals surface area contributed by atoms with Gasteiger partial charge in [0, 0.05) is 10.9 Å². The molecule has 16 heavy (non-hydrogen) atoms. The van der Waals surface area contributed by atoms with Crippen LogP contribution in [0.3, 0.4) is 0 Å². The number of hydrogen-bond acceptors (Lipinski definition) is 3. The molecule has 1 aliphatic heterocycles. The van der Waals surface area contributed by atoms with Crippen molar-refractivity contribution in [3.8, 4) is 0 Å². The van der Waals surface area contributed by atoms with E-state index in [1.807, 2.05) is 19.1 Å². The molecule has 3 nitrogen and oxygen atoms in total. The molecule has 0 radical (unpaired) electrons. The van der Waals surface area contributed by atoms with Crippen molar-refractivity contribution in [3.63, 3.8) is 0 Å². The second kappa shape index (κ2) is 3.71. The van der Waals surface area contributed by atoms with E-state index in [0.717, 1.165) is 11.1 Å². The monoisotopic (exact) mass is 237 g/mol. The third-order valence-corrected chi connectivity index (χ3v) is 4.61. The van der Waals surface area contributed by atoms with Crippen LogP contribution in [-0.2, 0) is 16.3 Å². The largest absolute Gasteiger partial charge is 0.328 e. The predicted octanol–water partition coefficient (Wildman–Crippen LogP) is 1.72. The fraction of sp³-hybridized carbons (Fsp3) is 0.333. The summed E-state index contributed by atoms with van der Waals surface area (Å²) in [5, 5.41) is 0. The molecule has 0 aliphatic carbocycles. The summed E-state index contributed by atoms with van der Waals surface area (Å²) in [6.45, 7) is 3.53. The lowest BCUT2D eigenvalue weighted by Gasteiger charge is -2.07. The van der Waals surface area contributed by atoms with E-state index in [4.69, 9.17) is 5.73 Å². The standard InChI is InChI=1S/C12H15NO2S/c1-8(13)5-10-3-4-11-6-9(2)16(14,15)12(11)7-10/h3-4,6-8H,5,13H2,1-2H3. The minimum Gasteiger partial charge on any atom is -0.328 e. The van der Waals surface area contributed by atoms with Gasteiger partial charge in [0.1, 0.15) is 0 Å². The number of sulfone groups is 1. The van der Waals surface area contributed by atoms with E-state index >= 15 is 0 Å². The molecule has 1 aliphatic rings. The third-order valence-electron chi connectivity index (χ3n) is 2.71. The lowest BCUT2D eigenvalue weighted by molar-refractivity contribution is 0.603. The lowest BCUT2D eigenvalue weighted by atomic mass is 10.1. The van der Waals surface area contributed by atoms with Crippen LogP contribution in [0, 0.1) is 0 Å². The van der Waals surface area contributed by atoms with Gasteiger partial charge in [-0.05, 0) is 43.5 Å². The number of benzene rings is 1. The van der Waals surface area contributed by atoms with Gasteiger partial charge in [-0.1, -0.05) is 12.1 Å². The zero-order valence-electron chi connectivity index (χ0n) is 9.40. The fourth-order valence-electron chi connectivity index (χ4n) is 1.90. The van der Waals surface area contributed by atoms with Crippen molar-refractivity contribution in [2.75, 3.05) is 0 Å². The van der Waals surface area contributed by atoms with E-state index < -0.39 is 9.84 Å². The summed E-state index contributed by atoms with van der Waals surface area (Å²) in [5.74, 6) is 0. The quantitative estimate of drug-likeness (QED) is 0.852. The van der Waals surface area contributed by atoms with Crippen LogP contribution in [0.15, 0.2) is 28.0 Å². The van der Waals surface area contributed by atoms with Crippen molar-refractivity contribution in [3.05, 3.63) is 34.2 Å². The maximum atomic E-state index is 11.9. The fourth-order valence-corrected chi connectivity index (χ4v) is 3.27. The van der Waals surface area contributed by atoms with E-state index in [9.17, 15) is 8.42 Å². The van der Waals surface area contributed by atoms with Crippen molar-refractivity contribution in [2.24, 2.45) is 5.73 Å². The Hall–Kier alpha value is -1.13. The summed E-state index contributed by atoms with van der Waals surface area (Å²) in [7, 11) is -3.22. The van der Waals surface area contributed by atoms with Gasteiger partial charge in [0.25, 0.3) is 0 Å². The first-order chi connectivity index (χ1) is 7.41. The molecule has 2 N–H and O–H groups in total. The minimum atomic E-state index is -3.22. The number of allylic oxidation sites excluding steroid dienone is 1. The molecule has 86 valence electrons. The normalized spacial score (nSPS) is 19.1. The van der Waals surface area contributed by atoms with Crippen LogP contribution >= 0.6 is 0 Å². The molecule has 0 fully saturated rings. The second-order valence-electron chi connectivity index (χ2n) is 4.31. The van der Waals surface area contributed by atoms with E-state index in [2.05, 4.69) is 0 Å². The second-order valence-corrected chi connectivity index (χ2v) is 6.40. The van der Waals surface area contributed by atoms with E-state index in [-0.39, 0.29) is 6.04 Å². The van der Waals surface area contributed by atoms with Crippen molar-refractivity contribution in [1.29, 1.82) is 0 Å². The van der Waals surface area contributed by atoms with Gasteiger partial charge in [-0.25, -0.2) is 8.42 Å². The van der Waals surface area contributed by atoms with Gasteiger partial charge in [-0.3, -0.25) is 0 Å². The van der Waals surface area contributed by atoms with Crippen molar-refractivity contribution < 1.29 is 8.42 Å². The SMILES string of the molecule is CC1=Cc2ccc(CC(C)N)cc2S1(=O)=O. The van der Waals surface area contributed by atoms with E-state index in [0.29, 0.717) is 16.2 Å². The number of fused-ring (bicyclic) bond motifs is 1. The summed E-state index contributed by atoms with van der Waals surface area (Å²) in [6.07, 6.45) is 2.40. The highest BCUT2D eigenvalue weighted by Crippen LogP contribution is 2.33. The summed E-state index contributed by atoms with van der Waals surface area (Å²) in [5.41, 5.74) is 7.46. The Bertz CT molecular complexity index is 556. The molecule has 0 saturated heterocycles. The van der Waals surface area contributed by atoms with Crippen LogP contribution < -0.4 is 5.73 Å². The molecule has 0 saturated carbocycles. The average Bonchev–Trinajstić information content (AvgIpc) is 2.39. The molecule has 0 aromatic heterocycles. The molecular weight excluding hydrogens is 222 g/mol. The minimum absolute atomic E-state index is 0.0382. The van der Waals surface area contributed by atoms with Crippen molar-refractivity contribution in [1.82, 2.24) is 0 Å². The van der Waals surface area contributed by atoms with Gasteiger partial charge >= 0.3 is 0 Å². The molecular formula is C12H15NO2S. The summed E-state index contributed by atoms with van der Waals surface area (Å²) in [4.78, 5) is 0.837. The molecule has 2 rings (SSSR count). The van der Waals surface area contributed by atoms with Gasteiger partial charge < -0.3 is 5.73 Å². The predicted molar refractivity (Wildman–Crippen MR) is 64.6 cm³/mol. The van der Waals surface area contributed by atoms with Crippen LogP contribution in [0.2, 0.25) is 0 Å². The van der Waals surface area contributed by atoms with Gasteiger partial charge in [-0.15, -0.1) is 0 Å². The molecule has 1 heterocycles. The molecule has 4 heteroatoms. The third kappa shape index (κ3) is 1.79. The average molecular weight is 237 g/mol. The summed E-state index contributed by atoms with van der Waals surface area (Å²) in [6, 6.07) is 5.56. The highest BCUT2D eigenvalue weighted by Gasteiger charge is 2.26. The highest BCUT2D eigenvalue weighted by atomic mass is 32.2. The zero-order chi connectivity index (χ0) is 11.9. The Morgan fingerprint density at radius 3 is 2.69 bits per heavy atom. The maximum Gasteiger partial charge on any atom is 0.203 e. The Labute approximate surface area is 95.9 Å². The van der Waals surface area contributed by atoms with Gasteiger partial charge in [0.15, 0.2) is 0 Å². The van der Waals surface area contributed by atoms with Crippen LogP contribution in [0.5, 0.6) is 0 Å². The van der Waals surface area contributed by atoms with E-state index in [1.54, 1.807) is 19.1 Å². The molecule has 0 bridgehead atoms. The molecule has 0 amide bonds. The molecule has 1 aromatic carbocycles. The first kappa shape index (κ1) is 11.4. The first-order valence-corrected chi connectivity index (χ1v) is 6.71. The summed E-state index contributed by atoms with van der Waals surface area (Å²) >= 11 is 0. The lowest BCUT2D eigenvalue weighted by Crippen LogP contribution is -2.17. The molecule has 1 atom stereocenters. The molecule has 0 spiro atoms. The highest BCUT2D eigenvalue weighted by molar-refractivity contribution is 7.95. The first-order valence-electron chi connectivity index (χ1n) is 5.23. The van der Waals surface area contributed by atoms with Gasteiger partial charge in [-0.2, -0.15) is 0 Å². The zero-order valence-corrected chi connectivity index (χ0v) is 10.2.